The van der Waals surface area contributed by atoms with Crippen molar-refractivity contribution >= 4 is 39.5 Å². The molecule has 0 bridgehead atoms. The molecule has 17 nitrogen and oxygen atoms in total. The lowest BCUT2D eigenvalue weighted by Crippen LogP contribution is -2.30. The Morgan fingerprint density at radius 2 is 0.600 bits per heavy atom. The highest BCUT2D eigenvalue weighted by atomic mass is 31.2. The number of hydrogen-bond donors (Lipinski definition) is 3. The third-order valence-corrected chi connectivity index (χ3v) is 17.7. The summed E-state index contributed by atoms with van der Waals surface area (Å²) in [6, 6.07) is 0. The number of rotatable bonds is 67. The molecule has 0 spiro atoms. The molecule has 3 unspecified atom stereocenters. The molecule has 0 amide bonds. The molecule has 90 heavy (non-hydrogen) atoms. The maximum atomic E-state index is 13.0. The van der Waals surface area contributed by atoms with Gasteiger partial charge in [-0.25, -0.2) is 9.13 Å². The summed E-state index contributed by atoms with van der Waals surface area (Å²) in [6.07, 6.45) is 48.2. The summed E-state index contributed by atoms with van der Waals surface area (Å²) in [7, 11) is -9.91. The minimum Gasteiger partial charge on any atom is -0.462 e. The number of esters is 4. The Bertz CT molecular complexity index is 1860. The molecular weight excluding hydrogens is 1190 g/mol. The average molecular weight is 1320 g/mol. The molecule has 0 aromatic carbocycles. The van der Waals surface area contributed by atoms with Gasteiger partial charge in [0, 0.05) is 25.7 Å². The van der Waals surface area contributed by atoms with E-state index in [1.165, 1.54) is 122 Å². The summed E-state index contributed by atoms with van der Waals surface area (Å²) in [5.41, 5.74) is 0. The van der Waals surface area contributed by atoms with E-state index in [-0.39, 0.29) is 25.7 Å². The van der Waals surface area contributed by atoms with Crippen LogP contribution in [0.1, 0.15) is 331 Å². The first kappa shape index (κ1) is 87.5. The van der Waals surface area contributed by atoms with E-state index in [0.29, 0.717) is 37.5 Å². The first-order chi connectivity index (χ1) is 43.2. The number of unbranched alkanes of at least 4 members (excludes halogenated alkanes) is 32. The van der Waals surface area contributed by atoms with Crippen LogP contribution in [0.2, 0.25) is 0 Å². The minimum atomic E-state index is -4.96. The molecule has 0 aromatic heterocycles. The highest BCUT2D eigenvalue weighted by Gasteiger charge is 2.30. The van der Waals surface area contributed by atoms with Crippen LogP contribution in [0.4, 0.5) is 0 Å². The SMILES string of the molecule is CCCCCC/C=C\C=C/CCCCCCCC(=O)O[C@H](COC(=O)CCCCCCCCCCCCCCC(C)C)COP(=O)(O)OCC(O)COP(=O)(O)OC[C@@H](COC(=O)CCCCCCCCCC(C)C)OC(=O)CCCCCCCCCC(C)C. The molecule has 0 aliphatic carbocycles. The van der Waals surface area contributed by atoms with Gasteiger partial charge in [0.2, 0.25) is 0 Å². The van der Waals surface area contributed by atoms with Gasteiger partial charge in [0.1, 0.15) is 19.3 Å². The van der Waals surface area contributed by atoms with E-state index >= 15 is 0 Å². The van der Waals surface area contributed by atoms with Crippen molar-refractivity contribution in [2.45, 2.75) is 349 Å². The third-order valence-electron chi connectivity index (χ3n) is 15.8. The van der Waals surface area contributed by atoms with E-state index < -0.39 is 97.5 Å². The number of aliphatic hydroxyl groups excluding tert-OH is 1. The standard InChI is InChI=1S/C71H134O17P2/c1-8-9-10-11-12-13-14-15-16-17-22-25-32-40-47-54-70(75)87-66(58-81-68(73)52-45-38-31-24-21-19-18-20-23-28-35-42-49-62(2)3)60-85-89(77,78)83-56-65(72)57-84-90(79,80)86-61-67(88-71(76)55-48-41-34-27-30-37-44-51-64(6)7)59-82-69(74)53-46-39-33-26-29-36-43-50-63(4)5/h13-16,62-67,72H,8-12,17-61H2,1-7H3,(H,77,78)(H,79,80)/b14-13-,16-15-/t65?,66-,67-/m1/s1. The second kappa shape index (κ2) is 61.4. The fraction of sp³-hybridized carbons (Fsp3) is 0.887. The maximum Gasteiger partial charge on any atom is 0.472 e. The van der Waals surface area contributed by atoms with Gasteiger partial charge in [-0.15, -0.1) is 0 Å². The number of hydrogen-bond acceptors (Lipinski definition) is 15. The normalized spacial score (nSPS) is 14.4. The largest absolute Gasteiger partial charge is 0.472 e. The van der Waals surface area contributed by atoms with Crippen molar-refractivity contribution < 1.29 is 80.2 Å². The van der Waals surface area contributed by atoms with Crippen molar-refractivity contribution in [1.82, 2.24) is 0 Å². The Morgan fingerprint density at radius 3 is 0.900 bits per heavy atom. The highest BCUT2D eigenvalue weighted by Crippen LogP contribution is 2.45. The van der Waals surface area contributed by atoms with Gasteiger partial charge in [-0.05, 0) is 69.1 Å². The predicted molar refractivity (Wildman–Crippen MR) is 363 cm³/mol. The second-order valence-electron chi connectivity index (χ2n) is 26.4. The molecule has 0 radical (unpaired) electrons. The molecule has 0 aliphatic heterocycles. The lowest BCUT2D eigenvalue weighted by atomic mass is 10.0. The summed E-state index contributed by atoms with van der Waals surface area (Å²) in [6.45, 7) is 11.7. The minimum absolute atomic E-state index is 0.0844. The Kier molecular flexibility index (Phi) is 59.7. The van der Waals surface area contributed by atoms with Crippen molar-refractivity contribution in [2.24, 2.45) is 17.8 Å². The van der Waals surface area contributed by atoms with Gasteiger partial charge in [-0.3, -0.25) is 37.3 Å². The van der Waals surface area contributed by atoms with Crippen molar-refractivity contribution in [1.29, 1.82) is 0 Å². The fourth-order valence-corrected chi connectivity index (χ4v) is 11.8. The van der Waals surface area contributed by atoms with E-state index in [2.05, 4.69) is 72.8 Å². The molecule has 5 atom stereocenters. The van der Waals surface area contributed by atoms with Crippen LogP contribution in [0.5, 0.6) is 0 Å². The molecular formula is C71H134O17P2. The van der Waals surface area contributed by atoms with E-state index in [4.69, 9.17) is 37.0 Å². The van der Waals surface area contributed by atoms with Crippen molar-refractivity contribution in [2.75, 3.05) is 39.6 Å². The van der Waals surface area contributed by atoms with E-state index in [1.807, 2.05) is 0 Å². The first-order valence-corrected chi connectivity index (χ1v) is 39.2. The Morgan fingerprint density at radius 1 is 0.344 bits per heavy atom. The molecule has 530 valence electrons. The molecule has 0 fully saturated rings. The molecule has 3 N–H and O–H groups in total. The zero-order valence-corrected chi connectivity index (χ0v) is 59.9. The first-order valence-electron chi connectivity index (χ1n) is 36.2. The van der Waals surface area contributed by atoms with Gasteiger partial charge in [0.25, 0.3) is 0 Å². The van der Waals surface area contributed by atoms with Crippen molar-refractivity contribution in [3.05, 3.63) is 24.3 Å². The number of carbonyl (C=O) groups is 4. The zero-order chi connectivity index (χ0) is 66.6. The summed E-state index contributed by atoms with van der Waals surface area (Å²) >= 11 is 0. The Labute approximate surface area is 548 Å². The molecule has 19 heteroatoms. The Hall–Kier alpha value is -2.46. The number of allylic oxidation sites excluding steroid dienone is 4. The van der Waals surface area contributed by atoms with E-state index in [9.17, 15) is 43.2 Å². The van der Waals surface area contributed by atoms with Crippen LogP contribution >= 0.6 is 15.6 Å². The lowest BCUT2D eigenvalue weighted by molar-refractivity contribution is -0.161. The number of aliphatic hydroxyl groups is 1. The van der Waals surface area contributed by atoms with E-state index in [1.54, 1.807) is 0 Å². The Balaban J connectivity index is 5.28. The quantitative estimate of drug-likeness (QED) is 0.0169. The topological polar surface area (TPSA) is 237 Å². The monoisotopic (exact) mass is 1320 g/mol. The van der Waals surface area contributed by atoms with Crippen molar-refractivity contribution in [3.8, 4) is 0 Å². The van der Waals surface area contributed by atoms with Crippen LogP contribution in [0.3, 0.4) is 0 Å². The number of carbonyl (C=O) groups excluding carboxylic acids is 4. The lowest BCUT2D eigenvalue weighted by Gasteiger charge is -2.21. The molecule has 0 aliphatic rings. The summed E-state index contributed by atoms with van der Waals surface area (Å²) in [5, 5.41) is 10.6. The number of ether oxygens (including phenoxy) is 4. The summed E-state index contributed by atoms with van der Waals surface area (Å²) in [4.78, 5) is 72.5. The van der Waals surface area contributed by atoms with Crippen LogP contribution in [-0.2, 0) is 65.4 Å². The third kappa shape index (κ3) is 64.3. The molecule has 0 saturated heterocycles. The van der Waals surface area contributed by atoms with Crippen LogP contribution in [0.15, 0.2) is 24.3 Å². The molecule has 0 saturated carbocycles. The smallest absolute Gasteiger partial charge is 0.462 e. The van der Waals surface area contributed by atoms with Crippen LogP contribution in [-0.4, -0.2) is 96.7 Å². The summed E-state index contributed by atoms with van der Waals surface area (Å²) < 4.78 is 68.2. The van der Waals surface area contributed by atoms with Gasteiger partial charge in [-0.2, -0.15) is 0 Å². The van der Waals surface area contributed by atoms with Crippen molar-refractivity contribution in [3.63, 3.8) is 0 Å². The second-order valence-corrected chi connectivity index (χ2v) is 29.3. The molecule has 0 aromatic rings. The highest BCUT2D eigenvalue weighted by molar-refractivity contribution is 7.47. The van der Waals surface area contributed by atoms with Gasteiger partial charge >= 0.3 is 39.5 Å². The van der Waals surface area contributed by atoms with Crippen LogP contribution in [0, 0.1) is 17.8 Å². The van der Waals surface area contributed by atoms with Gasteiger partial charge in [0.15, 0.2) is 12.2 Å². The van der Waals surface area contributed by atoms with Crippen LogP contribution in [0.25, 0.3) is 0 Å². The van der Waals surface area contributed by atoms with Gasteiger partial charge in [-0.1, -0.05) is 278 Å². The van der Waals surface area contributed by atoms with E-state index in [0.717, 1.165) is 115 Å². The number of phosphoric ester groups is 2. The number of phosphoric acid groups is 2. The summed E-state index contributed by atoms with van der Waals surface area (Å²) in [5.74, 6) is 0.0180. The van der Waals surface area contributed by atoms with Gasteiger partial charge < -0.3 is 33.8 Å². The van der Waals surface area contributed by atoms with Gasteiger partial charge in [0.05, 0.1) is 26.4 Å². The predicted octanol–water partition coefficient (Wildman–Crippen LogP) is 19.8. The average Bonchev–Trinajstić information content (AvgIpc) is 3.58. The fourth-order valence-electron chi connectivity index (χ4n) is 10.2. The zero-order valence-electron chi connectivity index (χ0n) is 58.1. The molecule has 0 heterocycles. The van der Waals surface area contributed by atoms with Crippen LogP contribution < -0.4 is 0 Å². The maximum absolute atomic E-state index is 13.0. The molecule has 0 rings (SSSR count).